The minimum absolute atomic E-state index is 0.229. The summed E-state index contributed by atoms with van der Waals surface area (Å²) in [7, 11) is 6.28. The number of methoxy groups -OCH3 is 4. The molecule has 244 valence electrons. The lowest BCUT2D eigenvalue weighted by molar-refractivity contribution is -0.102. The average Bonchev–Trinajstić information content (AvgIpc) is 3.53. The molecule has 12 heteroatoms. The van der Waals surface area contributed by atoms with Crippen LogP contribution in [0.2, 0.25) is 0 Å². The summed E-state index contributed by atoms with van der Waals surface area (Å²) in [5.74, 6) is 3.10. The molecular weight excluding hydrogens is 664 g/mol. The Kier molecular flexibility index (Phi) is 11.8. The molecule has 1 saturated heterocycles. The SMILES string of the molecule is COc1cc(C2CCC(c3cc(OC)c(OC)c(OC)c3)O2)cc(NC(=O)N(O)C(C)(C)C)c1OCCSc1ccc(Br)cc1. The highest BCUT2D eigenvalue weighted by molar-refractivity contribution is 9.10. The van der Waals surface area contributed by atoms with E-state index in [1.165, 1.54) is 0 Å². The maximum Gasteiger partial charge on any atom is 0.346 e. The van der Waals surface area contributed by atoms with Crippen LogP contribution in [0.25, 0.3) is 0 Å². The summed E-state index contributed by atoms with van der Waals surface area (Å²) in [5.41, 5.74) is 1.24. The van der Waals surface area contributed by atoms with Crippen LogP contribution in [0.15, 0.2) is 57.9 Å². The minimum Gasteiger partial charge on any atom is -0.493 e. The largest absolute Gasteiger partial charge is 0.493 e. The molecule has 0 spiro atoms. The molecule has 2 atom stereocenters. The van der Waals surface area contributed by atoms with Crippen molar-refractivity contribution in [3.8, 4) is 28.7 Å². The highest BCUT2D eigenvalue weighted by atomic mass is 79.9. The maximum absolute atomic E-state index is 13.1. The molecule has 0 saturated carbocycles. The number of hydrogen-bond acceptors (Lipinski definition) is 9. The van der Waals surface area contributed by atoms with Crippen molar-refractivity contribution in [2.75, 3.05) is 46.1 Å². The van der Waals surface area contributed by atoms with Crippen molar-refractivity contribution in [1.82, 2.24) is 5.06 Å². The lowest BCUT2D eigenvalue weighted by Crippen LogP contribution is -2.45. The van der Waals surface area contributed by atoms with Crippen LogP contribution < -0.4 is 29.0 Å². The molecule has 2 amide bonds. The molecule has 1 aliphatic rings. The van der Waals surface area contributed by atoms with Crippen LogP contribution >= 0.6 is 27.7 Å². The number of halogens is 1. The van der Waals surface area contributed by atoms with E-state index in [9.17, 15) is 10.0 Å². The third-order valence-electron chi connectivity index (χ3n) is 7.23. The first-order valence-electron chi connectivity index (χ1n) is 14.5. The summed E-state index contributed by atoms with van der Waals surface area (Å²) in [6.07, 6.45) is 0.935. The summed E-state index contributed by atoms with van der Waals surface area (Å²) in [4.78, 5) is 14.2. The van der Waals surface area contributed by atoms with E-state index in [4.69, 9.17) is 28.4 Å². The van der Waals surface area contributed by atoms with Gasteiger partial charge in [0.05, 0.1) is 58.5 Å². The number of benzene rings is 3. The van der Waals surface area contributed by atoms with Crippen molar-refractivity contribution >= 4 is 39.4 Å². The smallest absolute Gasteiger partial charge is 0.346 e. The number of hydrogen-bond donors (Lipinski definition) is 2. The monoisotopic (exact) mass is 704 g/mol. The fourth-order valence-electron chi connectivity index (χ4n) is 4.92. The van der Waals surface area contributed by atoms with Gasteiger partial charge in [0.25, 0.3) is 0 Å². The molecule has 0 aromatic heterocycles. The molecule has 2 N–H and O–H groups in total. The van der Waals surface area contributed by atoms with Gasteiger partial charge in [0.2, 0.25) is 5.75 Å². The van der Waals surface area contributed by atoms with Gasteiger partial charge in [0.1, 0.15) is 0 Å². The van der Waals surface area contributed by atoms with Gasteiger partial charge >= 0.3 is 6.03 Å². The first kappa shape index (κ1) is 34.6. The van der Waals surface area contributed by atoms with Crippen molar-refractivity contribution in [3.63, 3.8) is 0 Å². The minimum atomic E-state index is -0.823. The van der Waals surface area contributed by atoms with Gasteiger partial charge in [-0.2, -0.15) is 0 Å². The van der Waals surface area contributed by atoms with Gasteiger partial charge in [0, 0.05) is 15.1 Å². The van der Waals surface area contributed by atoms with Crippen LogP contribution in [-0.2, 0) is 4.74 Å². The van der Waals surface area contributed by atoms with Crippen molar-refractivity contribution < 1.29 is 38.4 Å². The summed E-state index contributed by atoms with van der Waals surface area (Å²) < 4.78 is 36.1. The molecule has 1 aliphatic heterocycles. The van der Waals surface area contributed by atoms with Gasteiger partial charge < -0.3 is 33.7 Å². The first-order chi connectivity index (χ1) is 21.5. The average molecular weight is 706 g/mol. The molecule has 4 rings (SSSR count). The number of amides is 2. The molecule has 0 radical (unpaired) electrons. The Hall–Kier alpha value is -3.32. The first-order valence-corrected chi connectivity index (χ1v) is 16.3. The lowest BCUT2D eigenvalue weighted by Gasteiger charge is -2.29. The van der Waals surface area contributed by atoms with Gasteiger partial charge in [-0.3, -0.25) is 5.21 Å². The molecule has 3 aromatic carbocycles. The molecule has 3 aromatic rings. The van der Waals surface area contributed by atoms with Crippen molar-refractivity contribution in [2.24, 2.45) is 0 Å². The van der Waals surface area contributed by atoms with Crippen LogP contribution in [0.3, 0.4) is 0 Å². The fraction of sp³-hybridized carbons (Fsp3) is 0.424. The quantitative estimate of drug-likeness (QED) is 0.0834. The van der Waals surface area contributed by atoms with Crippen molar-refractivity contribution in [1.29, 1.82) is 0 Å². The van der Waals surface area contributed by atoms with Crippen LogP contribution in [0.1, 0.15) is 56.9 Å². The van der Waals surface area contributed by atoms with Crippen LogP contribution in [0, 0.1) is 0 Å². The predicted molar refractivity (Wildman–Crippen MR) is 178 cm³/mol. The highest BCUT2D eigenvalue weighted by Gasteiger charge is 2.32. The zero-order chi connectivity index (χ0) is 32.7. The van der Waals surface area contributed by atoms with Gasteiger partial charge in [-0.15, -0.1) is 11.8 Å². The molecular formula is C33H41BrN2O8S. The predicted octanol–water partition coefficient (Wildman–Crippen LogP) is 8.27. The number of anilines is 1. The topological polar surface area (TPSA) is 108 Å². The molecule has 10 nitrogen and oxygen atoms in total. The number of thioether (sulfide) groups is 1. The molecule has 2 unspecified atom stereocenters. The van der Waals surface area contributed by atoms with E-state index in [2.05, 4.69) is 21.2 Å². The number of nitrogens with one attached hydrogen (secondary N) is 1. The Bertz CT molecular complexity index is 1440. The Morgan fingerprint density at radius 1 is 0.911 bits per heavy atom. The normalized spacial score (nSPS) is 16.2. The molecule has 1 fully saturated rings. The molecule has 0 bridgehead atoms. The third-order valence-corrected chi connectivity index (χ3v) is 8.73. The van der Waals surface area contributed by atoms with E-state index < -0.39 is 11.6 Å². The van der Waals surface area contributed by atoms with Crippen LogP contribution in [0.4, 0.5) is 10.5 Å². The molecule has 1 heterocycles. The summed E-state index contributed by atoms with van der Waals surface area (Å²) in [6.45, 7) is 5.55. The van der Waals surface area contributed by atoms with Gasteiger partial charge in [-0.25, -0.2) is 9.86 Å². The van der Waals surface area contributed by atoms with E-state index in [0.717, 1.165) is 33.3 Å². The van der Waals surface area contributed by atoms with Gasteiger partial charge in [-0.05, 0) is 93.3 Å². The maximum atomic E-state index is 13.1. The molecule has 0 aliphatic carbocycles. The van der Waals surface area contributed by atoms with E-state index in [1.54, 1.807) is 61.0 Å². The third kappa shape index (κ3) is 8.49. The van der Waals surface area contributed by atoms with E-state index >= 15 is 0 Å². The number of ether oxygens (including phenoxy) is 6. The standard InChI is InChI=1S/C33H41BrN2O8S/c1-33(2,3)36(38)32(37)35-24-16-20(17-27(39-4)30(24)43-14-15-45-23-10-8-22(34)9-11-23)25-12-13-26(44-25)21-18-28(40-5)31(42-7)29(19-21)41-6/h8-11,16-19,25-26,38H,12-15H2,1-7H3,(H,35,37). The van der Waals surface area contributed by atoms with Crippen LogP contribution in [-0.4, -0.2) is 62.6 Å². The number of nitrogens with zero attached hydrogens (tertiary/aromatic N) is 1. The molecule has 45 heavy (non-hydrogen) atoms. The van der Waals surface area contributed by atoms with Crippen LogP contribution in [0.5, 0.6) is 28.7 Å². The summed E-state index contributed by atoms with van der Waals surface area (Å²) >= 11 is 5.11. The Balaban J connectivity index is 1.59. The van der Waals surface area contributed by atoms with Gasteiger partial charge in [0.15, 0.2) is 23.0 Å². The van der Waals surface area contributed by atoms with Gasteiger partial charge in [-0.1, -0.05) is 15.9 Å². The number of urea groups is 1. The number of carbonyl (C=O) groups excluding carboxylic acids is 1. The second-order valence-electron chi connectivity index (χ2n) is 11.3. The second kappa shape index (κ2) is 15.3. The van der Waals surface area contributed by atoms with E-state index in [0.29, 0.717) is 51.9 Å². The fourth-order valence-corrected chi connectivity index (χ4v) is 5.92. The van der Waals surface area contributed by atoms with Crippen molar-refractivity contribution in [3.05, 3.63) is 64.1 Å². The van der Waals surface area contributed by atoms with E-state index in [1.807, 2.05) is 48.5 Å². The number of hydroxylamine groups is 2. The zero-order valence-electron chi connectivity index (χ0n) is 26.6. The highest BCUT2D eigenvalue weighted by Crippen LogP contribution is 2.48. The number of carbonyl (C=O) groups is 1. The van der Waals surface area contributed by atoms with Crippen molar-refractivity contribution in [2.45, 2.75) is 56.3 Å². The summed E-state index contributed by atoms with van der Waals surface area (Å²) in [6, 6.07) is 14.8. The Labute approximate surface area is 277 Å². The lowest BCUT2D eigenvalue weighted by atomic mass is 10.0. The Morgan fingerprint density at radius 2 is 1.44 bits per heavy atom. The number of rotatable bonds is 12. The zero-order valence-corrected chi connectivity index (χ0v) is 29.0. The summed E-state index contributed by atoms with van der Waals surface area (Å²) in [5, 5.41) is 14.0. The van der Waals surface area contributed by atoms with E-state index in [-0.39, 0.29) is 12.2 Å². The Morgan fingerprint density at radius 3 is 1.96 bits per heavy atom. The second-order valence-corrected chi connectivity index (χ2v) is 13.4.